The smallest absolute Gasteiger partial charge is 0.410 e. The lowest BCUT2D eigenvalue weighted by Crippen LogP contribution is -2.43. The molecule has 1 aliphatic rings. The number of nitrogens with zero attached hydrogens (tertiary/aromatic N) is 1. The second-order valence-corrected chi connectivity index (χ2v) is 8.43. The Balaban J connectivity index is 1.81. The Labute approximate surface area is 166 Å². The van der Waals surface area contributed by atoms with Gasteiger partial charge < -0.3 is 15.6 Å². The molecule has 1 heterocycles. The van der Waals surface area contributed by atoms with Crippen LogP contribution in [0, 0.1) is 5.92 Å². The molecule has 4 N–H and O–H groups in total. The van der Waals surface area contributed by atoms with Gasteiger partial charge in [0, 0.05) is 11.7 Å². The molecule has 6 nitrogen and oxygen atoms in total. The van der Waals surface area contributed by atoms with Crippen molar-refractivity contribution in [1.82, 2.24) is 4.98 Å². The third-order valence-corrected chi connectivity index (χ3v) is 4.79. The van der Waals surface area contributed by atoms with Gasteiger partial charge in [-0.1, -0.05) is 19.9 Å². The highest BCUT2D eigenvalue weighted by atomic mass is 16.5. The van der Waals surface area contributed by atoms with E-state index in [1.165, 1.54) is 5.56 Å². The Morgan fingerprint density at radius 3 is 2.68 bits per heavy atom. The van der Waals surface area contributed by atoms with Crippen LogP contribution in [0.3, 0.4) is 0 Å². The summed E-state index contributed by atoms with van der Waals surface area (Å²) in [6, 6.07) is 9.75. The molecular weight excluding hydrogens is 354 g/mol. The highest BCUT2D eigenvalue weighted by Gasteiger charge is 2.28. The number of carbonyl (C=O) groups is 1. The number of amides is 1. The van der Waals surface area contributed by atoms with Crippen LogP contribution in [0.1, 0.15) is 51.5 Å². The first-order valence-corrected chi connectivity index (χ1v) is 9.75. The molecule has 1 saturated carbocycles. The molecule has 28 heavy (non-hydrogen) atoms. The number of anilines is 1. The maximum Gasteiger partial charge on any atom is 0.410 e. The molecule has 1 unspecified atom stereocenters. The molecule has 0 spiro atoms. The quantitative estimate of drug-likeness (QED) is 0.605. The number of carboxylic acid groups (broad SMARTS) is 1. The molecule has 1 atom stereocenters. The SMILES string of the molecule is CC(C)CC(C)(N)COc1ccc(-c2ccnc(NC(=O)O)c2)cc1C1CC1. The van der Waals surface area contributed by atoms with E-state index in [1.54, 1.807) is 12.3 Å². The molecule has 0 radical (unpaired) electrons. The van der Waals surface area contributed by atoms with Gasteiger partial charge in [-0.15, -0.1) is 0 Å². The Morgan fingerprint density at radius 2 is 2.04 bits per heavy atom. The molecule has 6 heteroatoms. The Morgan fingerprint density at radius 1 is 1.32 bits per heavy atom. The van der Waals surface area contributed by atoms with Crippen LogP contribution in [0.2, 0.25) is 0 Å². The van der Waals surface area contributed by atoms with E-state index in [0.29, 0.717) is 24.3 Å². The summed E-state index contributed by atoms with van der Waals surface area (Å²) < 4.78 is 6.14. The summed E-state index contributed by atoms with van der Waals surface area (Å²) >= 11 is 0. The average molecular weight is 383 g/mol. The molecule has 150 valence electrons. The Kier molecular flexibility index (Phi) is 5.89. The lowest BCUT2D eigenvalue weighted by Gasteiger charge is -2.27. The van der Waals surface area contributed by atoms with Crippen LogP contribution in [0.25, 0.3) is 11.1 Å². The number of nitrogens with two attached hydrogens (primary N) is 1. The van der Waals surface area contributed by atoms with Gasteiger partial charge in [-0.25, -0.2) is 9.78 Å². The summed E-state index contributed by atoms with van der Waals surface area (Å²) in [5.74, 6) is 2.24. The number of pyridine rings is 1. The predicted molar refractivity (Wildman–Crippen MR) is 111 cm³/mol. The van der Waals surface area contributed by atoms with Crippen molar-refractivity contribution in [2.45, 2.75) is 51.5 Å². The number of hydrogen-bond donors (Lipinski definition) is 3. The minimum absolute atomic E-state index is 0.311. The zero-order valence-electron chi connectivity index (χ0n) is 16.7. The summed E-state index contributed by atoms with van der Waals surface area (Å²) in [6.45, 7) is 6.84. The van der Waals surface area contributed by atoms with Crippen LogP contribution in [0.4, 0.5) is 10.6 Å². The van der Waals surface area contributed by atoms with Crippen molar-refractivity contribution >= 4 is 11.9 Å². The second kappa shape index (κ2) is 8.19. The van der Waals surface area contributed by atoms with E-state index < -0.39 is 6.09 Å². The van der Waals surface area contributed by atoms with Gasteiger partial charge in [-0.2, -0.15) is 0 Å². The first-order valence-electron chi connectivity index (χ1n) is 9.75. The van der Waals surface area contributed by atoms with Gasteiger partial charge in [0.2, 0.25) is 0 Å². The van der Waals surface area contributed by atoms with E-state index in [-0.39, 0.29) is 5.54 Å². The Hall–Kier alpha value is -2.60. The van der Waals surface area contributed by atoms with Crippen LogP contribution in [-0.2, 0) is 0 Å². The molecule has 1 amide bonds. The lowest BCUT2D eigenvalue weighted by molar-refractivity contribution is 0.205. The van der Waals surface area contributed by atoms with E-state index in [9.17, 15) is 4.79 Å². The maximum atomic E-state index is 10.9. The number of benzene rings is 1. The first-order chi connectivity index (χ1) is 13.2. The fraction of sp³-hybridized carbons (Fsp3) is 0.455. The van der Waals surface area contributed by atoms with E-state index in [2.05, 4.69) is 30.2 Å². The van der Waals surface area contributed by atoms with Crippen molar-refractivity contribution in [1.29, 1.82) is 0 Å². The molecule has 1 fully saturated rings. The van der Waals surface area contributed by atoms with Crippen molar-refractivity contribution in [3.63, 3.8) is 0 Å². The van der Waals surface area contributed by atoms with Gasteiger partial charge >= 0.3 is 6.09 Å². The molecule has 1 aliphatic carbocycles. The minimum Gasteiger partial charge on any atom is -0.491 e. The van der Waals surface area contributed by atoms with Gasteiger partial charge in [0.1, 0.15) is 18.2 Å². The van der Waals surface area contributed by atoms with Crippen LogP contribution in [0.5, 0.6) is 5.75 Å². The fourth-order valence-corrected chi connectivity index (χ4v) is 3.60. The van der Waals surface area contributed by atoms with Crippen LogP contribution >= 0.6 is 0 Å². The van der Waals surface area contributed by atoms with Crippen molar-refractivity contribution < 1.29 is 14.6 Å². The van der Waals surface area contributed by atoms with Crippen LogP contribution in [-0.4, -0.2) is 28.3 Å². The molecule has 3 rings (SSSR count). The second-order valence-electron chi connectivity index (χ2n) is 8.43. The third-order valence-electron chi connectivity index (χ3n) is 4.79. The van der Waals surface area contributed by atoms with E-state index in [4.69, 9.17) is 15.6 Å². The third kappa shape index (κ3) is 5.45. The number of rotatable bonds is 8. The number of ether oxygens (including phenoxy) is 1. The van der Waals surface area contributed by atoms with Gasteiger partial charge in [0.15, 0.2) is 0 Å². The standard InChI is InChI=1S/C22H29N3O3/c1-14(2)12-22(3,23)13-28-19-7-6-16(10-18(19)15-4-5-15)17-8-9-24-20(11-17)25-21(26)27/h6-11,14-15H,4-5,12-13,23H2,1-3H3,(H,24,25)(H,26,27). The van der Waals surface area contributed by atoms with Gasteiger partial charge in [-0.3, -0.25) is 5.32 Å². The Bertz CT molecular complexity index is 845. The molecular formula is C22H29N3O3. The molecule has 0 saturated heterocycles. The number of hydrogen-bond acceptors (Lipinski definition) is 4. The topological polar surface area (TPSA) is 97.5 Å². The largest absolute Gasteiger partial charge is 0.491 e. The van der Waals surface area contributed by atoms with Crippen molar-refractivity contribution in [3.8, 4) is 16.9 Å². The first kappa shape index (κ1) is 20.1. The van der Waals surface area contributed by atoms with Gasteiger partial charge in [0.05, 0.1) is 0 Å². The fourth-order valence-electron chi connectivity index (χ4n) is 3.60. The molecule has 2 aromatic rings. The zero-order valence-corrected chi connectivity index (χ0v) is 16.7. The van der Waals surface area contributed by atoms with Gasteiger partial charge in [0.25, 0.3) is 0 Å². The van der Waals surface area contributed by atoms with E-state index in [0.717, 1.165) is 36.1 Å². The highest BCUT2D eigenvalue weighted by Crippen LogP contribution is 2.45. The molecule has 1 aromatic heterocycles. The predicted octanol–water partition coefficient (Wildman–Crippen LogP) is 4.86. The van der Waals surface area contributed by atoms with E-state index in [1.807, 2.05) is 25.1 Å². The number of nitrogens with one attached hydrogen (secondary N) is 1. The zero-order chi connectivity index (χ0) is 20.3. The van der Waals surface area contributed by atoms with Crippen LogP contribution < -0.4 is 15.8 Å². The summed E-state index contributed by atoms with van der Waals surface area (Å²) in [5, 5.41) is 11.2. The monoisotopic (exact) mass is 383 g/mol. The lowest BCUT2D eigenvalue weighted by atomic mass is 9.92. The molecule has 0 aliphatic heterocycles. The summed E-state index contributed by atoms with van der Waals surface area (Å²) in [7, 11) is 0. The summed E-state index contributed by atoms with van der Waals surface area (Å²) in [5.41, 5.74) is 9.16. The van der Waals surface area contributed by atoms with E-state index >= 15 is 0 Å². The molecule has 0 bridgehead atoms. The summed E-state index contributed by atoms with van der Waals surface area (Å²) in [4.78, 5) is 14.9. The van der Waals surface area contributed by atoms with Crippen LogP contribution in [0.15, 0.2) is 36.5 Å². The van der Waals surface area contributed by atoms with Crippen molar-refractivity contribution in [2.24, 2.45) is 11.7 Å². The van der Waals surface area contributed by atoms with Crippen molar-refractivity contribution in [3.05, 3.63) is 42.1 Å². The average Bonchev–Trinajstić information content (AvgIpc) is 3.43. The minimum atomic E-state index is -1.13. The molecule has 1 aromatic carbocycles. The van der Waals surface area contributed by atoms with Crippen molar-refractivity contribution in [2.75, 3.05) is 11.9 Å². The number of aromatic nitrogens is 1. The summed E-state index contributed by atoms with van der Waals surface area (Å²) in [6.07, 6.45) is 3.70. The normalized spacial score (nSPS) is 15.9. The highest BCUT2D eigenvalue weighted by molar-refractivity contribution is 5.82. The maximum absolute atomic E-state index is 10.9. The van der Waals surface area contributed by atoms with Gasteiger partial charge in [-0.05, 0) is 79.0 Å².